The minimum absolute atomic E-state index is 0.0179. The van der Waals surface area contributed by atoms with Gasteiger partial charge in [-0.25, -0.2) is 30.7 Å². The largest absolute Gasteiger partial charge is 0.207 e. The Kier molecular flexibility index (Phi) is 8.02. The zero-order valence-electron chi connectivity index (χ0n) is 21.8. The fraction of sp³-hybridized carbons (Fsp3) is 0.273. The van der Waals surface area contributed by atoms with E-state index in [9.17, 15) is 22.0 Å². The highest BCUT2D eigenvalue weighted by atomic mass is 19.2. The van der Waals surface area contributed by atoms with Gasteiger partial charge < -0.3 is 0 Å². The van der Waals surface area contributed by atoms with Crippen LogP contribution in [-0.4, -0.2) is 0 Å². The van der Waals surface area contributed by atoms with Gasteiger partial charge in [-0.15, -0.1) is 0 Å². The zero-order chi connectivity index (χ0) is 28.6. The summed E-state index contributed by atoms with van der Waals surface area (Å²) < 4.78 is 100. The summed E-state index contributed by atoms with van der Waals surface area (Å²) in [5.41, 5.74) is 0.847. The average Bonchev–Trinajstić information content (AvgIpc) is 2.93. The molecular weight excluding hydrogens is 529 g/mol. The van der Waals surface area contributed by atoms with E-state index >= 15 is 8.78 Å². The summed E-state index contributed by atoms with van der Waals surface area (Å²) in [6, 6.07) is 13.4. The number of hydrogen-bond donors (Lipinski definition) is 0. The van der Waals surface area contributed by atoms with Gasteiger partial charge in [-0.3, -0.25) is 0 Å². The third-order valence-corrected chi connectivity index (χ3v) is 7.95. The Morgan fingerprint density at radius 2 is 1.07 bits per heavy atom. The van der Waals surface area contributed by atoms with Crippen molar-refractivity contribution in [1.82, 2.24) is 0 Å². The van der Waals surface area contributed by atoms with Crippen LogP contribution in [-0.2, 0) is 12.8 Å². The fourth-order valence-corrected chi connectivity index (χ4v) is 5.54. The van der Waals surface area contributed by atoms with E-state index in [1.165, 1.54) is 30.5 Å². The maximum atomic E-state index is 15.2. The monoisotopic (exact) mass is 556 g/mol. The van der Waals surface area contributed by atoms with Crippen LogP contribution in [0.25, 0.3) is 22.3 Å². The lowest BCUT2D eigenvalue weighted by Gasteiger charge is -2.26. The van der Waals surface area contributed by atoms with Gasteiger partial charge in [-0.05, 0) is 84.0 Å². The van der Waals surface area contributed by atoms with Crippen molar-refractivity contribution in [3.63, 3.8) is 0 Å². The third kappa shape index (κ3) is 5.65. The molecule has 0 aromatic heterocycles. The Morgan fingerprint density at radius 1 is 0.550 bits per heavy atom. The molecule has 1 fully saturated rings. The number of halogens is 7. The minimum Gasteiger partial charge on any atom is -0.207 e. The first-order valence-electron chi connectivity index (χ1n) is 13.3. The van der Waals surface area contributed by atoms with Crippen LogP contribution >= 0.6 is 0 Å². The molecule has 0 atom stereocenters. The van der Waals surface area contributed by atoms with E-state index in [1.54, 1.807) is 12.1 Å². The average molecular weight is 557 g/mol. The Hall–Kier alpha value is -3.61. The Bertz CT molecular complexity index is 1490. The van der Waals surface area contributed by atoms with Crippen LogP contribution < -0.4 is 0 Å². The molecule has 0 N–H and O–H groups in total. The maximum absolute atomic E-state index is 15.2. The molecule has 0 radical (unpaired) electrons. The molecule has 0 aliphatic heterocycles. The highest BCUT2D eigenvalue weighted by molar-refractivity contribution is 5.72. The van der Waals surface area contributed by atoms with Gasteiger partial charge >= 0.3 is 0 Å². The highest BCUT2D eigenvalue weighted by Gasteiger charge is 2.22. The van der Waals surface area contributed by atoms with Crippen LogP contribution in [0.1, 0.15) is 55.2 Å². The van der Waals surface area contributed by atoms with Crippen molar-refractivity contribution in [3.05, 3.63) is 118 Å². The quantitative estimate of drug-likeness (QED) is 0.164. The Labute approximate surface area is 228 Å². The fourth-order valence-electron chi connectivity index (χ4n) is 5.54. The van der Waals surface area contributed by atoms with Gasteiger partial charge in [0.2, 0.25) is 0 Å². The molecular formula is C33H27F7. The summed E-state index contributed by atoms with van der Waals surface area (Å²) in [7, 11) is 0. The van der Waals surface area contributed by atoms with Crippen molar-refractivity contribution in [2.45, 2.75) is 51.4 Å². The SMILES string of the molecule is CC1CCC(c2ccc(-c3ccc(-c4cc(F)c(CCc5cc(F)c(F)c(F)c5)c(F)c4)c(F)c3F)cc2)CC1. The predicted octanol–water partition coefficient (Wildman–Crippen LogP) is 10.1. The standard InChI is InChI=1S/C33H27F7/c1-18-2-5-20(6-3-18)21-7-9-22(10-8-21)24-12-13-25(32(39)31(24)38)23-16-27(34)26(28(35)17-23)11-4-19-14-29(36)33(40)30(37)15-19/h7-10,12-18,20H,2-6,11H2,1H3. The first-order chi connectivity index (χ1) is 19.1. The summed E-state index contributed by atoms with van der Waals surface area (Å²) >= 11 is 0. The van der Waals surface area contributed by atoms with Crippen molar-refractivity contribution >= 4 is 0 Å². The molecule has 4 aromatic carbocycles. The van der Waals surface area contributed by atoms with Gasteiger partial charge in [0.25, 0.3) is 0 Å². The van der Waals surface area contributed by atoms with Crippen molar-refractivity contribution in [1.29, 1.82) is 0 Å². The normalized spacial score (nSPS) is 17.3. The van der Waals surface area contributed by atoms with Gasteiger partial charge in [0.05, 0.1) is 0 Å². The van der Waals surface area contributed by atoms with Gasteiger partial charge in [0, 0.05) is 16.7 Å². The van der Waals surface area contributed by atoms with E-state index in [0.29, 0.717) is 11.5 Å². The summed E-state index contributed by atoms with van der Waals surface area (Å²) in [5.74, 6) is -7.64. The van der Waals surface area contributed by atoms with E-state index in [4.69, 9.17) is 0 Å². The first kappa shape index (κ1) is 27.9. The van der Waals surface area contributed by atoms with Gasteiger partial charge in [-0.2, -0.15) is 0 Å². The predicted molar refractivity (Wildman–Crippen MR) is 141 cm³/mol. The Balaban J connectivity index is 1.36. The molecule has 7 heteroatoms. The van der Waals surface area contributed by atoms with Crippen LogP contribution in [0.5, 0.6) is 0 Å². The topological polar surface area (TPSA) is 0 Å². The lowest BCUT2D eigenvalue weighted by atomic mass is 9.79. The lowest BCUT2D eigenvalue weighted by molar-refractivity contribution is 0.348. The number of benzene rings is 4. The van der Waals surface area contributed by atoms with Crippen molar-refractivity contribution in [2.75, 3.05) is 0 Å². The van der Waals surface area contributed by atoms with Crippen molar-refractivity contribution in [3.8, 4) is 22.3 Å². The van der Waals surface area contributed by atoms with E-state index < -0.39 is 40.7 Å². The lowest BCUT2D eigenvalue weighted by Crippen LogP contribution is -2.10. The van der Waals surface area contributed by atoms with Gasteiger partial charge in [-0.1, -0.05) is 56.2 Å². The van der Waals surface area contributed by atoms with E-state index in [-0.39, 0.29) is 40.7 Å². The van der Waals surface area contributed by atoms with Gasteiger partial charge in [0.1, 0.15) is 11.6 Å². The molecule has 1 aliphatic carbocycles. The van der Waals surface area contributed by atoms with Crippen LogP contribution in [0, 0.1) is 46.6 Å². The van der Waals surface area contributed by atoms with Crippen LogP contribution in [0.4, 0.5) is 30.7 Å². The smallest absolute Gasteiger partial charge is 0.194 e. The molecule has 1 saturated carbocycles. The zero-order valence-corrected chi connectivity index (χ0v) is 21.8. The molecule has 0 nitrogen and oxygen atoms in total. The molecule has 5 rings (SSSR count). The van der Waals surface area contributed by atoms with Crippen LogP contribution in [0.2, 0.25) is 0 Å². The second-order valence-corrected chi connectivity index (χ2v) is 10.7. The molecule has 0 saturated heterocycles. The number of aryl methyl sites for hydroxylation is 1. The van der Waals surface area contributed by atoms with Crippen LogP contribution in [0.15, 0.2) is 60.7 Å². The van der Waals surface area contributed by atoms with Crippen molar-refractivity contribution in [2.24, 2.45) is 5.92 Å². The molecule has 208 valence electrons. The molecule has 0 unspecified atom stereocenters. The second kappa shape index (κ2) is 11.5. The van der Waals surface area contributed by atoms with Crippen molar-refractivity contribution < 1.29 is 30.7 Å². The molecule has 0 amide bonds. The van der Waals surface area contributed by atoms with Crippen LogP contribution in [0.3, 0.4) is 0 Å². The first-order valence-corrected chi connectivity index (χ1v) is 13.3. The van der Waals surface area contributed by atoms with E-state index in [2.05, 4.69) is 6.92 Å². The summed E-state index contributed by atoms with van der Waals surface area (Å²) in [5, 5.41) is 0. The van der Waals surface area contributed by atoms with Gasteiger partial charge in [0.15, 0.2) is 29.1 Å². The van der Waals surface area contributed by atoms with E-state index in [1.807, 2.05) is 12.1 Å². The number of rotatable bonds is 6. The summed E-state index contributed by atoms with van der Waals surface area (Å²) in [6.45, 7) is 2.25. The molecule has 0 spiro atoms. The molecule has 40 heavy (non-hydrogen) atoms. The molecule has 0 heterocycles. The third-order valence-electron chi connectivity index (χ3n) is 7.95. The highest BCUT2D eigenvalue weighted by Crippen LogP contribution is 2.37. The summed E-state index contributed by atoms with van der Waals surface area (Å²) in [6.07, 6.45) is 4.10. The number of hydrogen-bond acceptors (Lipinski definition) is 0. The minimum atomic E-state index is -1.63. The van der Waals surface area contributed by atoms with E-state index in [0.717, 1.165) is 43.0 Å². The Morgan fingerprint density at radius 3 is 1.62 bits per heavy atom. The second-order valence-electron chi connectivity index (χ2n) is 10.7. The molecule has 4 aromatic rings. The molecule has 0 bridgehead atoms. The molecule has 1 aliphatic rings. The summed E-state index contributed by atoms with van der Waals surface area (Å²) in [4.78, 5) is 0. The maximum Gasteiger partial charge on any atom is 0.194 e.